The van der Waals surface area contributed by atoms with Crippen molar-refractivity contribution in [2.75, 3.05) is 6.54 Å². The lowest BCUT2D eigenvalue weighted by Crippen LogP contribution is -2.48. The van der Waals surface area contributed by atoms with E-state index < -0.39 is 17.7 Å². The highest BCUT2D eigenvalue weighted by Gasteiger charge is 2.30. The van der Waals surface area contributed by atoms with Crippen LogP contribution < -0.4 is 21.7 Å². The predicted octanol–water partition coefficient (Wildman–Crippen LogP) is 4.16. The van der Waals surface area contributed by atoms with E-state index in [1.807, 2.05) is 13.8 Å². The van der Waals surface area contributed by atoms with Crippen molar-refractivity contribution in [3.05, 3.63) is 12.3 Å². The van der Waals surface area contributed by atoms with E-state index in [2.05, 4.69) is 29.5 Å². The van der Waals surface area contributed by atoms with E-state index in [0.717, 1.165) is 38.5 Å². The Hall–Kier alpha value is -2.58. The van der Waals surface area contributed by atoms with Crippen LogP contribution in [0.5, 0.6) is 0 Å². The summed E-state index contributed by atoms with van der Waals surface area (Å²) in [4.78, 5) is 47.7. The first-order valence-corrected chi connectivity index (χ1v) is 15.2. The minimum absolute atomic E-state index is 0.0555. The van der Waals surface area contributed by atoms with Gasteiger partial charge in [-0.2, -0.15) is 0 Å². The monoisotopic (exact) mass is 547 g/mol. The van der Waals surface area contributed by atoms with Crippen LogP contribution in [0.15, 0.2) is 12.3 Å². The largest absolute Gasteiger partial charge is 0.377 e. The fraction of sp³-hybridized carbons (Fsp3) is 0.800. The average Bonchev–Trinajstić information content (AvgIpc) is 3.42. The van der Waals surface area contributed by atoms with E-state index in [-0.39, 0.29) is 18.0 Å². The molecule has 0 aromatic rings. The van der Waals surface area contributed by atoms with E-state index >= 15 is 0 Å². The van der Waals surface area contributed by atoms with Crippen molar-refractivity contribution < 1.29 is 19.2 Å². The van der Waals surface area contributed by atoms with Crippen LogP contribution in [0.3, 0.4) is 0 Å². The number of carbonyl (C=O) groups excluding carboxylic acids is 4. The maximum Gasteiger partial charge on any atom is 0.315 e. The third-order valence-corrected chi connectivity index (χ3v) is 8.74. The molecule has 3 rings (SSSR count). The van der Waals surface area contributed by atoms with E-state index in [1.54, 1.807) is 4.90 Å². The number of rotatable bonds is 12. The summed E-state index contributed by atoms with van der Waals surface area (Å²) in [6.45, 7) is 10.8. The van der Waals surface area contributed by atoms with Crippen LogP contribution in [0.1, 0.15) is 111 Å². The number of nitrogens with two attached hydrogens (primary N) is 1. The van der Waals surface area contributed by atoms with Gasteiger partial charge in [-0.3, -0.25) is 14.4 Å². The van der Waals surface area contributed by atoms with Gasteiger partial charge in [-0.25, -0.2) is 4.79 Å². The molecule has 1 heterocycles. The standard InChI is InChI=1S/C15H25N3O3.C15H28N2O/c1-4-10(2)8-12(14(20)15(16)21)17-11(3)13-6-5-7-18(13)9-19;1-12(13-8-4-2-5-9-13)16-15(18)17-14-10-6-3-7-11-14/h9-10,12-13,17H,3-8H2,1-2H3,(H2,16,21);12-14H,2-11H2,1H3,(H2,16,17,18). The van der Waals surface area contributed by atoms with Crippen molar-refractivity contribution in [2.45, 2.75) is 135 Å². The number of urea groups is 1. The number of Topliss-reactive ketones (excluding diaryl/α,β-unsaturated/α-hetero) is 1. The number of ketones is 1. The number of amides is 4. The summed E-state index contributed by atoms with van der Waals surface area (Å²) < 4.78 is 0. The summed E-state index contributed by atoms with van der Waals surface area (Å²) in [7, 11) is 0. The van der Waals surface area contributed by atoms with Crippen LogP contribution in [0.25, 0.3) is 0 Å². The van der Waals surface area contributed by atoms with Gasteiger partial charge in [0.05, 0.1) is 12.1 Å². The van der Waals surface area contributed by atoms with Crippen molar-refractivity contribution >= 4 is 24.1 Å². The molecule has 39 heavy (non-hydrogen) atoms. The number of hydrogen-bond acceptors (Lipinski definition) is 5. The molecule has 4 unspecified atom stereocenters. The number of hydrogen-bond donors (Lipinski definition) is 4. The van der Waals surface area contributed by atoms with E-state index in [0.29, 0.717) is 36.7 Å². The van der Waals surface area contributed by atoms with Crippen LogP contribution in [0.4, 0.5) is 4.79 Å². The Morgan fingerprint density at radius 2 is 1.56 bits per heavy atom. The van der Waals surface area contributed by atoms with Gasteiger partial charge in [0.25, 0.3) is 5.91 Å². The summed E-state index contributed by atoms with van der Waals surface area (Å²) >= 11 is 0. The summed E-state index contributed by atoms with van der Waals surface area (Å²) in [5.74, 6) is -0.602. The van der Waals surface area contributed by atoms with Crippen molar-refractivity contribution in [3.8, 4) is 0 Å². The Labute approximate surface area is 235 Å². The zero-order valence-corrected chi connectivity index (χ0v) is 24.5. The summed E-state index contributed by atoms with van der Waals surface area (Å²) in [5, 5.41) is 9.31. The Balaban J connectivity index is 0.000000276. The molecule has 0 aromatic carbocycles. The molecule has 1 aliphatic heterocycles. The van der Waals surface area contributed by atoms with Crippen molar-refractivity contribution in [2.24, 2.45) is 17.6 Å². The summed E-state index contributed by atoms with van der Waals surface area (Å²) in [5.41, 5.74) is 5.71. The van der Waals surface area contributed by atoms with Gasteiger partial charge < -0.3 is 26.6 Å². The summed E-state index contributed by atoms with van der Waals surface area (Å²) in [6, 6.07) is 0.00725. The maximum absolute atomic E-state index is 11.9. The highest BCUT2D eigenvalue weighted by Crippen LogP contribution is 2.26. The molecule has 2 aliphatic carbocycles. The smallest absolute Gasteiger partial charge is 0.315 e. The molecule has 0 radical (unpaired) electrons. The van der Waals surface area contributed by atoms with Crippen LogP contribution in [-0.2, 0) is 14.4 Å². The van der Waals surface area contributed by atoms with Gasteiger partial charge in [0.2, 0.25) is 12.2 Å². The molecular formula is C30H53N5O4. The van der Waals surface area contributed by atoms with Gasteiger partial charge in [0.15, 0.2) is 0 Å². The second-order valence-corrected chi connectivity index (χ2v) is 11.8. The third kappa shape index (κ3) is 11.2. The Morgan fingerprint density at radius 3 is 2.13 bits per heavy atom. The van der Waals surface area contributed by atoms with Gasteiger partial charge in [-0.15, -0.1) is 0 Å². The first kappa shape index (κ1) is 32.6. The molecule has 4 atom stereocenters. The van der Waals surface area contributed by atoms with Crippen LogP contribution in [-0.4, -0.2) is 59.7 Å². The van der Waals surface area contributed by atoms with E-state index in [4.69, 9.17) is 5.73 Å². The molecule has 2 saturated carbocycles. The highest BCUT2D eigenvalue weighted by atomic mass is 16.2. The molecule has 5 N–H and O–H groups in total. The molecule has 222 valence electrons. The average molecular weight is 548 g/mol. The van der Waals surface area contributed by atoms with Gasteiger partial charge in [-0.05, 0) is 63.7 Å². The number of likely N-dealkylation sites (tertiary alicyclic amines) is 1. The minimum atomic E-state index is -0.942. The quantitative estimate of drug-likeness (QED) is 0.215. The maximum atomic E-state index is 11.9. The SMILES string of the molecule is C=C(NC(CC(C)CC)C(=O)C(N)=O)C1CCCN1C=O.CC(NC(=O)NC1CCCCC1)C1CCCCC1. The molecule has 0 bridgehead atoms. The number of nitrogens with one attached hydrogen (secondary N) is 3. The lowest BCUT2D eigenvalue weighted by atomic mass is 9.84. The van der Waals surface area contributed by atoms with Gasteiger partial charge in [-0.1, -0.05) is 65.4 Å². The predicted molar refractivity (Wildman–Crippen MR) is 155 cm³/mol. The van der Waals surface area contributed by atoms with Crippen molar-refractivity contribution in [1.29, 1.82) is 0 Å². The lowest BCUT2D eigenvalue weighted by Gasteiger charge is -2.29. The Morgan fingerprint density at radius 1 is 0.949 bits per heavy atom. The van der Waals surface area contributed by atoms with E-state index in [9.17, 15) is 19.2 Å². The van der Waals surface area contributed by atoms with Crippen LogP contribution in [0, 0.1) is 11.8 Å². The zero-order chi connectivity index (χ0) is 28.8. The van der Waals surface area contributed by atoms with Crippen molar-refractivity contribution in [3.63, 3.8) is 0 Å². The van der Waals surface area contributed by atoms with Crippen LogP contribution >= 0.6 is 0 Å². The molecule has 9 nitrogen and oxygen atoms in total. The fourth-order valence-electron chi connectivity index (χ4n) is 6.01. The number of primary amides is 1. The molecule has 0 spiro atoms. The Kier molecular flexibility index (Phi) is 14.4. The lowest BCUT2D eigenvalue weighted by molar-refractivity contribution is -0.137. The summed E-state index contributed by atoms with van der Waals surface area (Å²) in [6.07, 6.45) is 16.7. The van der Waals surface area contributed by atoms with Gasteiger partial charge in [0, 0.05) is 24.3 Å². The van der Waals surface area contributed by atoms with E-state index in [1.165, 1.54) is 51.4 Å². The highest BCUT2D eigenvalue weighted by molar-refractivity contribution is 6.37. The first-order valence-electron chi connectivity index (χ1n) is 15.2. The third-order valence-electron chi connectivity index (χ3n) is 8.74. The second kappa shape index (κ2) is 17.2. The molecule has 4 amide bonds. The molecule has 0 aromatic heterocycles. The fourth-order valence-corrected chi connectivity index (χ4v) is 6.01. The van der Waals surface area contributed by atoms with Crippen molar-refractivity contribution in [1.82, 2.24) is 20.9 Å². The molecule has 3 fully saturated rings. The number of carbonyl (C=O) groups is 4. The molecular weight excluding hydrogens is 494 g/mol. The zero-order valence-electron chi connectivity index (χ0n) is 24.5. The van der Waals surface area contributed by atoms with Crippen LogP contribution in [0.2, 0.25) is 0 Å². The molecule has 1 saturated heterocycles. The Bertz CT molecular complexity index is 807. The van der Waals surface area contributed by atoms with Gasteiger partial charge >= 0.3 is 6.03 Å². The molecule has 9 heteroatoms. The van der Waals surface area contributed by atoms with Gasteiger partial charge in [0.1, 0.15) is 0 Å². The number of nitrogens with zero attached hydrogens (tertiary/aromatic N) is 1. The first-order chi connectivity index (χ1) is 18.7. The molecule has 3 aliphatic rings. The second-order valence-electron chi connectivity index (χ2n) is 11.8. The minimum Gasteiger partial charge on any atom is -0.377 e. The topological polar surface area (TPSA) is 134 Å². The normalized spacial score (nSPS) is 22.4.